The van der Waals surface area contributed by atoms with Crippen molar-refractivity contribution in [2.75, 3.05) is 0 Å². The smallest absolute Gasteiger partial charge is 0.141 e. The Morgan fingerprint density at radius 3 is 2.44 bits per heavy atom. The summed E-state index contributed by atoms with van der Waals surface area (Å²) in [4.78, 5) is 4.14. The van der Waals surface area contributed by atoms with Crippen LogP contribution < -0.4 is 5.32 Å². The number of hydrogen-bond acceptors (Lipinski definition) is 3. The highest BCUT2D eigenvalue weighted by molar-refractivity contribution is 5.24. The summed E-state index contributed by atoms with van der Waals surface area (Å²) >= 11 is 0. The molecular weight excluding hydrogens is 224 g/mol. The van der Waals surface area contributed by atoms with Gasteiger partial charge in [-0.15, -0.1) is 0 Å². The molecule has 2 rings (SSSR count). The summed E-state index contributed by atoms with van der Waals surface area (Å²) in [7, 11) is 0. The molecule has 4 heteroatoms. The van der Waals surface area contributed by atoms with Crippen LogP contribution in [-0.4, -0.2) is 15.2 Å². The van der Waals surface area contributed by atoms with E-state index in [0.29, 0.717) is 5.92 Å². The highest BCUT2D eigenvalue weighted by Gasteiger charge is 2.07. The maximum Gasteiger partial charge on any atom is 0.141 e. The number of aromatic amines is 1. The SMILES string of the molecule is CC(C)c1ccc(CNC(C)c2ncn[nH]2)cc1. The average Bonchev–Trinajstić information content (AvgIpc) is 2.90. The normalized spacial score (nSPS) is 12.9. The van der Waals surface area contributed by atoms with E-state index >= 15 is 0 Å². The number of hydrogen-bond donors (Lipinski definition) is 2. The van der Waals surface area contributed by atoms with Gasteiger partial charge in [-0.2, -0.15) is 5.10 Å². The lowest BCUT2D eigenvalue weighted by atomic mass is 10.0. The molecule has 2 aromatic rings. The van der Waals surface area contributed by atoms with Gasteiger partial charge >= 0.3 is 0 Å². The van der Waals surface area contributed by atoms with E-state index in [1.165, 1.54) is 17.5 Å². The molecular formula is C14H20N4. The molecule has 1 heterocycles. The molecule has 2 N–H and O–H groups in total. The van der Waals surface area contributed by atoms with E-state index in [9.17, 15) is 0 Å². The zero-order chi connectivity index (χ0) is 13.0. The monoisotopic (exact) mass is 244 g/mol. The van der Waals surface area contributed by atoms with Gasteiger partial charge in [-0.25, -0.2) is 4.98 Å². The van der Waals surface area contributed by atoms with E-state index in [-0.39, 0.29) is 6.04 Å². The van der Waals surface area contributed by atoms with E-state index in [4.69, 9.17) is 0 Å². The van der Waals surface area contributed by atoms with Crippen LogP contribution in [0.2, 0.25) is 0 Å². The van der Waals surface area contributed by atoms with Crippen molar-refractivity contribution < 1.29 is 0 Å². The first-order valence-electron chi connectivity index (χ1n) is 6.34. The van der Waals surface area contributed by atoms with E-state index in [2.05, 4.69) is 65.5 Å². The third-order valence-corrected chi connectivity index (χ3v) is 3.10. The second kappa shape index (κ2) is 5.78. The first-order valence-corrected chi connectivity index (χ1v) is 6.34. The molecule has 0 spiro atoms. The molecule has 0 radical (unpaired) electrons. The summed E-state index contributed by atoms with van der Waals surface area (Å²) in [6.07, 6.45) is 1.53. The molecule has 1 aromatic heterocycles. The molecule has 18 heavy (non-hydrogen) atoms. The van der Waals surface area contributed by atoms with Gasteiger partial charge < -0.3 is 5.32 Å². The Labute approximate surface area is 108 Å². The van der Waals surface area contributed by atoms with Crippen molar-refractivity contribution in [1.82, 2.24) is 20.5 Å². The molecule has 4 nitrogen and oxygen atoms in total. The Balaban J connectivity index is 1.90. The fourth-order valence-corrected chi connectivity index (χ4v) is 1.81. The number of H-pyrrole nitrogens is 1. The summed E-state index contributed by atoms with van der Waals surface area (Å²) in [5, 5.41) is 10.1. The zero-order valence-corrected chi connectivity index (χ0v) is 11.1. The standard InChI is InChI=1S/C14H20N4/c1-10(2)13-6-4-12(5-7-13)8-15-11(3)14-16-9-17-18-14/h4-7,9-11,15H,8H2,1-3H3,(H,16,17,18). The molecule has 1 aromatic carbocycles. The largest absolute Gasteiger partial charge is 0.303 e. The number of aromatic nitrogens is 3. The van der Waals surface area contributed by atoms with Crippen LogP contribution >= 0.6 is 0 Å². The zero-order valence-electron chi connectivity index (χ0n) is 11.1. The predicted molar refractivity (Wildman–Crippen MR) is 72.2 cm³/mol. The number of benzene rings is 1. The van der Waals surface area contributed by atoms with Gasteiger partial charge in [-0.1, -0.05) is 38.1 Å². The Kier molecular flexibility index (Phi) is 4.10. The third kappa shape index (κ3) is 3.17. The van der Waals surface area contributed by atoms with Gasteiger partial charge in [0.1, 0.15) is 12.2 Å². The van der Waals surface area contributed by atoms with Crippen molar-refractivity contribution in [2.24, 2.45) is 0 Å². The van der Waals surface area contributed by atoms with Gasteiger partial charge in [0.15, 0.2) is 0 Å². The average molecular weight is 244 g/mol. The second-order valence-corrected chi connectivity index (χ2v) is 4.87. The van der Waals surface area contributed by atoms with Crippen molar-refractivity contribution >= 4 is 0 Å². The quantitative estimate of drug-likeness (QED) is 0.850. The molecule has 0 aliphatic carbocycles. The summed E-state index contributed by atoms with van der Waals surface area (Å²) in [5.41, 5.74) is 2.66. The summed E-state index contributed by atoms with van der Waals surface area (Å²) < 4.78 is 0. The number of nitrogens with one attached hydrogen (secondary N) is 2. The van der Waals surface area contributed by atoms with Gasteiger partial charge in [0.2, 0.25) is 0 Å². The van der Waals surface area contributed by atoms with E-state index < -0.39 is 0 Å². The van der Waals surface area contributed by atoms with Crippen LogP contribution in [0.4, 0.5) is 0 Å². The Hall–Kier alpha value is -1.68. The van der Waals surface area contributed by atoms with Gasteiger partial charge in [-0.3, -0.25) is 5.10 Å². The molecule has 0 aliphatic heterocycles. The van der Waals surface area contributed by atoms with Crippen LogP contribution in [0.3, 0.4) is 0 Å². The Bertz CT molecular complexity index is 459. The maximum absolute atomic E-state index is 4.14. The Morgan fingerprint density at radius 2 is 1.89 bits per heavy atom. The van der Waals surface area contributed by atoms with E-state index in [0.717, 1.165) is 12.4 Å². The van der Waals surface area contributed by atoms with Crippen LogP contribution in [0.1, 0.15) is 49.7 Å². The van der Waals surface area contributed by atoms with Gasteiger partial charge in [0.05, 0.1) is 6.04 Å². The van der Waals surface area contributed by atoms with Crippen LogP contribution in [0.15, 0.2) is 30.6 Å². The molecule has 0 fully saturated rings. The molecule has 0 aliphatic rings. The minimum atomic E-state index is 0.178. The molecule has 0 bridgehead atoms. The molecule has 1 unspecified atom stereocenters. The minimum absolute atomic E-state index is 0.178. The van der Waals surface area contributed by atoms with Crippen molar-refractivity contribution in [2.45, 2.75) is 39.3 Å². The summed E-state index contributed by atoms with van der Waals surface area (Å²) in [6.45, 7) is 7.32. The fraction of sp³-hybridized carbons (Fsp3) is 0.429. The lowest BCUT2D eigenvalue weighted by Gasteiger charge is -2.12. The van der Waals surface area contributed by atoms with Crippen molar-refractivity contribution in [1.29, 1.82) is 0 Å². The minimum Gasteiger partial charge on any atom is -0.303 e. The van der Waals surface area contributed by atoms with E-state index in [1.54, 1.807) is 0 Å². The molecule has 96 valence electrons. The van der Waals surface area contributed by atoms with Crippen molar-refractivity contribution in [3.05, 3.63) is 47.5 Å². The molecule has 1 atom stereocenters. The van der Waals surface area contributed by atoms with Crippen LogP contribution in [-0.2, 0) is 6.54 Å². The molecule has 0 saturated heterocycles. The number of rotatable bonds is 5. The molecule has 0 saturated carbocycles. The van der Waals surface area contributed by atoms with Crippen LogP contribution in [0, 0.1) is 0 Å². The topological polar surface area (TPSA) is 53.6 Å². The van der Waals surface area contributed by atoms with Gasteiger partial charge in [0.25, 0.3) is 0 Å². The Morgan fingerprint density at radius 1 is 1.17 bits per heavy atom. The van der Waals surface area contributed by atoms with Gasteiger partial charge in [0, 0.05) is 6.54 Å². The van der Waals surface area contributed by atoms with Crippen molar-refractivity contribution in [3.63, 3.8) is 0 Å². The van der Waals surface area contributed by atoms with Crippen LogP contribution in [0.5, 0.6) is 0 Å². The second-order valence-electron chi connectivity index (χ2n) is 4.87. The van der Waals surface area contributed by atoms with Crippen LogP contribution in [0.25, 0.3) is 0 Å². The lowest BCUT2D eigenvalue weighted by molar-refractivity contribution is 0.548. The third-order valence-electron chi connectivity index (χ3n) is 3.10. The van der Waals surface area contributed by atoms with E-state index in [1.807, 2.05) is 0 Å². The number of nitrogens with zero attached hydrogens (tertiary/aromatic N) is 2. The predicted octanol–water partition coefficient (Wildman–Crippen LogP) is 2.78. The highest BCUT2D eigenvalue weighted by Crippen LogP contribution is 2.15. The van der Waals surface area contributed by atoms with Crippen molar-refractivity contribution in [3.8, 4) is 0 Å². The summed E-state index contributed by atoms with van der Waals surface area (Å²) in [6, 6.07) is 8.92. The highest BCUT2D eigenvalue weighted by atomic mass is 15.2. The maximum atomic E-state index is 4.14. The first-order chi connectivity index (χ1) is 8.66. The lowest BCUT2D eigenvalue weighted by Crippen LogP contribution is -2.19. The molecule has 0 amide bonds. The first kappa shape index (κ1) is 12.8. The fourth-order valence-electron chi connectivity index (χ4n) is 1.81. The van der Waals surface area contributed by atoms with Gasteiger partial charge in [-0.05, 0) is 24.0 Å². The summed E-state index contributed by atoms with van der Waals surface area (Å²) in [5.74, 6) is 1.45.